The van der Waals surface area contributed by atoms with E-state index in [4.69, 9.17) is 4.74 Å². The number of aromatic nitrogens is 3. The Morgan fingerprint density at radius 1 is 1.19 bits per heavy atom. The molecule has 0 saturated carbocycles. The predicted molar refractivity (Wildman–Crippen MR) is 98.9 cm³/mol. The van der Waals surface area contributed by atoms with Crippen LogP contribution >= 0.6 is 11.3 Å². The van der Waals surface area contributed by atoms with Crippen LogP contribution in [0.15, 0.2) is 18.6 Å². The van der Waals surface area contributed by atoms with Crippen molar-refractivity contribution in [3.63, 3.8) is 0 Å². The van der Waals surface area contributed by atoms with E-state index in [2.05, 4.69) is 20.3 Å². The summed E-state index contributed by atoms with van der Waals surface area (Å²) in [5.74, 6) is -0.126. The van der Waals surface area contributed by atoms with Crippen LogP contribution in [0.5, 0.6) is 0 Å². The van der Waals surface area contributed by atoms with Crippen LogP contribution in [0.25, 0.3) is 10.7 Å². The van der Waals surface area contributed by atoms with Gasteiger partial charge in [0, 0.05) is 26.5 Å². The third-order valence-corrected chi connectivity index (χ3v) is 4.19. The Labute approximate surface area is 156 Å². The van der Waals surface area contributed by atoms with E-state index in [-0.39, 0.29) is 5.91 Å². The summed E-state index contributed by atoms with van der Waals surface area (Å²) in [5.41, 5.74) is 0.488. The second-order valence-electron chi connectivity index (χ2n) is 6.89. The molecule has 2 rings (SSSR count). The highest BCUT2D eigenvalue weighted by atomic mass is 32.1. The molecule has 8 nitrogen and oxygen atoms in total. The lowest BCUT2D eigenvalue weighted by Gasteiger charge is -2.22. The molecule has 0 aromatic carbocycles. The van der Waals surface area contributed by atoms with Gasteiger partial charge in [-0.15, -0.1) is 11.3 Å². The molecule has 0 bridgehead atoms. The van der Waals surface area contributed by atoms with Crippen LogP contribution in [0.2, 0.25) is 0 Å². The minimum Gasteiger partial charge on any atom is -0.444 e. The molecule has 0 aliphatic rings. The van der Waals surface area contributed by atoms with Crippen molar-refractivity contribution in [2.24, 2.45) is 0 Å². The van der Waals surface area contributed by atoms with Gasteiger partial charge in [0.1, 0.15) is 21.2 Å². The molecular formula is C17H23N5O3S. The van der Waals surface area contributed by atoms with Gasteiger partial charge in [0.2, 0.25) is 0 Å². The second kappa shape index (κ2) is 7.77. The van der Waals surface area contributed by atoms with Crippen molar-refractivity contribution in [3.8, 4) is 10.7 Å². The van der Waals surface area contributed by atoms with E-state index in [0.29, 0.717) is 21.3 Å². The molecule has 0 spiro atoms. The van der Waals surface area contributed by atoms with Gasteiger partial charge in [0.25, 0.3) is 5.91 Å². The molecule has 1 atom stereocenters. The summed E-state index contributed by atoms with van der Waals surface area (Å²) in [5, 5.41) is 3.31. The first kappa shape index (κ1) is 19.8. The van der Waals surface area contributed by atoms with Crippen LogP contribution in [0, 0.1) is 0 Å². The third-order valence-electron chi connectivity index (χ3n) is 3.20. The number of carbonyl (C=O) groups excluding carboxylic acids is 2. The van der Waals surface area contributed by atoms with Crippen molar-refractivity contribution in [1.29, 1.82) is 0 Å². The highest BCUT2D eigenvalue weighted by molar-refractivity contribution is 7.16. The van der Waals surface area contributed by atoms with Gasteiger partial charge < -0.3 is 15.0 Å². The van der Waals surface area contributed by atoms with Gasteiger partial charge in [0.15, 0.2) is 0 Å². The Bertz CT molecular complexity index is 798. The predicted octanol–water partition coefficient (Wildman–Crippen LogP) is 2.89. The van der Waals surface area contributed by atoms with E-state index < -0.39 is 17.7 Å². The zero-order valence-corrected chi connectivity index (χ0v) is 16.5. The van der Waals surface area contributed by atoms with Crippen LogP contribution in [0.1, 0.15) is 49.1 Å². The monoisotopic (exact) mass is 377 g/mol. The van der Waals surface area contributed by atoms with Gasteiger partial charge in [0.05, 0.1) is 17.9 Å². The van der Waals surface area contributed by atoms with E-state index in [9.17, 15) is 9.59 Å². The number of nitrogens with zero attached hydrogens (tertiary/aromatic N) is 4. The molecule has 140 valence electrons. The summed E-state index contributed by atoms with van der Waals surface area (Å²) in [6, 6.07) is -0.439. The molecular weight excluding hydrogens is 354 g/mol. The Balaban J connectivity index is 2.25. The van der Waals surface area contributed by atoms with Crippen LogP contribution in [0.4, 0.5) is 4.79 Å². The van der Waals surface area contributed by atoms with Crippen molar-refractivity contribution < 1.29 is 14.3 Å². The van der Waals surface area contributed by atoms with Crippen molar-refractivity contribution >= 4 is 23.3 Å². The van der Waals surface area contributed by atoms with Crippen LogP contribution < -0.4 is 5.32 Å². The molecule has 0 saturated heterocycles. The fraction of sp³-hybridized carbons (Fsp3) is 0.471. The highest BCUT2D eigenvalue weighted by Crippen LogP contribution is 2.28. The Morgan fingerprint density at radius 3 is 2.46 bits per heavy atom. The zero-order chi connectivity index (χ0) is 19.5. The molecule has 0 aliphatic carbocycles. The molecule has 2 heterocycles. The van der Waals surface area contributed by atoms with Crippen molar-refractivity contribution in [3.05, 3.63) is 29.2 Å². The minimum atomic E-state index is -0.592. The molecule has 9 heteroatoms. The number of carbonyl (C=O) groups is 2. The molecule has 0 aliphatic heterocycles. The third kappa shape index (κ3) is 4.98. The first-order chi connectivity index (χ1) is 12.1. The standard InChI is InChI=1S/C17H23N5O3S/c1-10(21-16(24)25-17(2,3)4)12-13(19-8-7-18-12)14-20-9-11(26-14)15(23)22(5)6/h7-10H,1-6H3,(H,21,24)/t10-/m0/s1. The zero-order valence-electron chi connectivity index (χ0n) is 15.7. The van der Waals surface area contributed by atoms with Crippen molar-refractivity contribution in [1.82, 2.24) is 25.2 Å². The lowest BCUT2D eigenvalue weighted by Crippen LogP contribution is -2.34. The summed E-state index contributed by atoms with van der Waals surface area (Å²) < 4.78 is 5.28. The lowest BCUT2D eigenvalue weighted by atomic mass is 10.2. The van der Waals surface area contributed by atoms with Gasteiger partial charge in [-0.2, -0.15) is 0 Å². The second-order valence-corrected chi connectivity index (χ2v) is 7.92. The first-order valence-corrected chi connectivity index (χ1v) is 8.88. The molecule has 2 aromatic rings. The first-order valence-electron chi connectivity index (χ1n) is 8.06. The summed E-state index contributed by atoms with van der Waals surface area (Å²) >= 11 is 1.23. The number of amides is 2. The molecule has 2 amide bonds. The molecule has 0 unspecified atom stereocenters. The number of ether oxygens (including phenoxy) is 1. The van der Waals surface area contributed by atoms with Crippen LogP contribution in [-0.2, 0) is 4.74 Å². The SMILES string of the molecule is C[C@H](NC(=O)OC(C)(C)C)c1nccnc1-c1ncc(C(=O)N(C)C)s1. The van der Waals surface area contributed by atoms with E-state index in [1.165, 1.54) is 22.4 Å². The number of nitrogens with one attached hydrogen (secondary N) is 1. The van der Waals surface area contributed by atoms with E-state index >= 15 is 0 Å². The number of hydrogen-bond acceptors (Lipinski definition) is 7. The average Bonchev–Trinajstić information content (AvgIpc) is 3.01. The topological polar surface area (TPSA) is 97.3 Å². The number of hydrogen-bond donors (Lipinski definition) is 1. The molecule has 1 N–H and O–H groups in total. The van der Waals surface area contributed by atoms with Crippen molar-refractivity contribution in [2.75, 3.05) is 14.1 Å². The molecule has 0 fully saturated rings. The number of alkyl carbamates (subject to hydrolysis) is 1. The normalized spacial score (nSPS) is 12.4. The average molecular weight is 377 g/mol. The van der Waals surface area contributed by atoms with Crippen LogP contribution in [0.3, 0.4) is 0 Å². The number of thiazole rings is 1. The van der Waals surface area contributed by atoms with Gasteiger partial charge >= 0.3 is 6.09 Å². The summed E-state index contributed by atoms with van der Waals surface area (Å²) in [7, 11) is 3.37. The van der Waals surface area contributed by atoms with Gasteiger partial charge in [-0.25, -0.2) is 9.78 Å². The lowest BCUT2D eigenvalue weighted by molar-refractivity contribution is 0.0507. The maximum Gasteiger partial charge on any atom is 0.408 e. The fourth-order valence-electron chi connectivity index (χ4n) is 2.09. The van der Waals surface area contributed by atoms with E-state index in [1.54, 1.807) is 54.2 Å². The minimum absolute atomic E-state index is 0.126. The van der Waals surface area contributed by atoms with Gasteiger partial charge in [-0.1, -0.05) is 0 Å². The van der Waals surface area contributed by atoms with Gasteiger partial charge in [-0.05, 0) is 27.7 Å². The Hall–Kier alpha value is -2.55. The quantitative estimate of drug-likeness (QED) is 0.880. The van der Waals surface area contributed by atoms with E-state index in [0.717, 1.165) is 0 Å². The summed E-state index contributed by atoms with van der Waals surface area (Å²) in [6.07, 6.45) is 4.08. The Kier molecular flexibility index (Phi) is 5.91. The fourth-order valence-corrected chi connectivity index (χ4v) is 3.03. The molecule has 2 aromatic heterocycles. The van der Waals surface area contributed by atoms with Crippen LogP contribution in [-0.4, -0.2) is 51.5 Å². The number of rotatable bonds is 4. The smallest absolute Gasteiger partial charge is 0.408 e. The van der Waals surface area contributed by atoms with Crippen molar-refractivity contribution in [2.45, 2.75) is 39.3 Å². The highest BCUT2D eigenvalue weighted by Gasteiger charge is 2.23. The molecule has 0 radical (unpaired) electrons. The summed E-state index contributed by atoms with van der Waals surface area (Å²) in [6.45, 7) is 7.18. The maximum atomic E-state index is 12.1. The molecule has 26 heavy (non-hydrogen) atoms. The maximum absolute atomic E-state index is 12.1. The van der Waals surface area contributed by atoms with Gasteiger partial charge in [-0.3, -0.25) is 14.8 Å². The Morgan fingerprint density at radius 2 is 1.85 bits per heavy atom. The largest absolute Gasteiger partial charge is 0.444 e. The van der Waals surface area contributed by atoms with E-state index in [1.807, 2.05) is 0 Å². The summed E-state index contributed by atoms with van der Waals surface area (Å²) in [4.78, 5) is 39.0.